The Kier molecular flexibility index (Phi) is 7.35. The lowest BCUT2D eigenvalue weighted by Crippen LogP contribution is -2.37. The standard InChI is InChI=1S/C20H28N2O7S/c1-15-13-18(20(24)21-7-8-21)29-19(14-15)28-12-10-22(9-11-23)30(25,26)17-5-3-16(27-2)4-6-17/h3-6,13,15,19,23H,7-12,14H2,1-2H3/t15-,19+/m0/s1. The van der Waals surface area contributed by atoms with Gasteiger partial charge in [0, 0.05) is 32.6 Å². The van der Waals surface area contributed by atoms with E-state index in [0.717, 1.165) is 13.1 Å². The van der Waals surface area contributed by atoms with Crippen LogP contribution in [0, 0.1) is 5.92 Å². The average molecular weight is 441 g/mol. The fraction of sp³-hybridized carbons (Fsp3) is 0.550. The Labute approximate surface area is 176 Å². The van der Waals surface area contributed by atoms with Crippen LogP contribution in [0.3, 0.4) is 0 Å². The molecule has 0 radical (unpaired) electrons. The zero-order valence-electron chi connectivity index (χ0n) is 17.2. The molecule has 0 aromatic heterocycles. The molecule has 2 heterocycles. The third kappa shape index (κ3) is 5.51. The van der Waals surface area contributed by atoms with E-state index in [1.54, 1.807) is 23.1 Å². The first-order valence-electron chi connectivity index (χ1n) is 9.89. The minimum absolute atomic E-state index is 0.0439. The van der Waals surface area contributed by atoms with E-state index >= 15 is 0 Å². The van der Waals surface area contributed by atoms with Crippen molar-refractivity contribution in [2.45, 2.75) is 24.5 Å². The van der Waals surface area contributed by atoms with Gasteiger partial charge in [-0.05, 0) is 36.3 Å². The largest absolute Gasteiger partial charge is 0.497 e. The molecule has 3 rings (SSSR count). The number of aliphatic hydroxyl groups excluding tert-OH is 1. The van der Waals surface area contributed by atoms with Gasteiger partial charge in [0.25, 0.3) is 5.91 Å². The minimum atomic E-state index is -3.80. The predicted molar refractivity (Wildman–Crippen MR) is 108 cm³/mol. The van der Waals surface area contributed by atoms with E-state index < -0.39 is 16.3 Å². The zero-order valence-corrected chi connectivity index (χ0v) is 18.0. The van der Waals surface area contributed by atoms with Crippen LogP contribution in [0.5, 0.6) is 5.75 Å². The first kappa shape index (κ1) is 22.5. The fourth-order valence-electron chi connectivity index (χ4n) is 3.14. The summed E-state index contributed by atoms with van der Waals surface area (Å²) in [4.78, 5) is 14.0. The summed E-state index contributed by atoms with van der Waals surface area (Å²) in [6.07, 6.45) is 1.75. The van der Waals surface area contributed by atoms with Gasteiger partial charge in [-0.3, -0.25) is 4.79 Å². The third-order valence-corrected chi connectivity index (χ3v) is 6.81. The van der Waals surface area contributed by atoms with E-state index in [-0.39, 0.29) is 48.8 Å². The quantitative estimate of drug-likeness (QED) is 0.537. The number of carbonyl (C=O) groups is 1. The molecular weight excluding hydrogens is 412 g/mol. The van der Waals surface area contributed by atoms with Crippen LogP contribution in [0.2, 0.25) is 0 Å². The van der Waals surface area contributed by atoms with Crippen molar-refractivity contribution in [3.63, 3.8) is 0 Å². The van der Waals surface area contributed by atoms with E-state index in [9.17, 15) is 18.3 Å². The number of amides is 1. The molecule has 0 spiro atoms. The van der Waals surface area contributed by atoms with E-state index in [1.807, 2.05) is 6.92 Å². The van der Waals surface area contributed by atoms with Gasteiger partial charge >= 0.3 is 0 Å². The Morgan fingerprint density at radius 1 is 1.27 bits per heavy atom. The maximum atomic E-state index is 12.9. The summed E-state index contributed by atoms with van der Waals surface area (Å²) in [5.41, 5.74) is 0. The van der Waals surface area contributed by atoms with Crippen molar-refractivity contribution in [3.05, 3.63) is 36.1 Å². The fourth-order valence-corrected chi connectivity index (χ4v) is 4.55. The zero-order chi connectivity index (χ0) is 21.7. The molecule has 1 fully saturated rings. The molecule has 166 valence electrons. The summed E-state index contributed by atoms with van der Waals surface area (Å²) in [6.45, 7) is 3.18. The molecule has 1 aromatic rings. The monoisotopic (exact) mass is 440 g/mol. The number of ether oxygens (including phenoxy) is 3. The highest BCUT2D eigenvalue weighted by Gasteiger charge is 2.33. The number of hydrogen-bond donors (Lipinski definition) is 1. The molecule has 0 bridgehead atoms. The molecule has 0 unspecified atom stereocenters. The van der Waals surface area contributed by atoms with Crippen LogP contribution < -0.4 is 4.74 Å². The first-order valence-corrected chi connectivity index (χ1v) is 11.3. The number of hydrogen-bond acceptors (Lipinski definition) is 7. The average Bonchev–Trinajstić information content (AvgIpc) is 3.57. The second-order valence-corrected chi connectivity index (χ2v) is 9.20. The van der Waals surface area contributed by atoms with Gasteiger partial charge in [0.05, 0.1) is 25.2 Å². The number of nitrogens with zero attached hydrogens (tertiary/aromatic N) is 2. The summed E-state index contributed by atoms with van der Waals surface area (Å²) in [5.74, 6) is 0.808. The van der Waals surface area contributed by atoms with Gasteiger partial charge in [-0.15, -0.1) is 0 Å². The Morgan fingerprint density at radius 3 is 2.57 bits per heavy atom. The molecule has 0 aliphatic carbocycles. The van der Waals surface area contributed by atoms with Gasteiger partial charge in [0.2, 0.25) is 16.3 Å². The molecule has 1 N–H and O–H groups in total. The minimum Gasteiger partial charge on any atom is -0.497 e. The lowest BCUT2D eigenvalue weighted by atomic mass is 10.0. The highest BCUT2D eigenvalue weighted by atomic mass is 32.2. The van der Waals surface area contributed by atoms with Crippen LogP contribution in [-0.4, -0.2) is 81.4 Å². The molecule has 0 saturated carbocycles. The Morgan fingerprint density at radius 2 is 1.97 bits per heavy atom. The number of methoxy groups -OCH3 is 1. The SMILES string of the molecule is COc1ccc(S(=O)(=O)N(CCO)CCO[C@H]2C[C@@H](C)C=C(C(=O)N3CC3)O2)cc1. The van der Waals surface area contributed by atoms with Gasteiger partial charge in [0.15, 0.2) is 5.76 Å². The first-order chi connectivity index (χ1) is 14.3. The maximum absolute atomic E-state index is 12.9. The summed E-state index contributed by atoms with van der Waals surface area (Å²) < 4.78 is 43.5. The number of allylic oxidation sites excluding steroid dienone is 1. The number of carbonyl (C=O) groups excluding carboxylic acids is 1. The van der Waals surface area contributed by atoms with Crippen LogP contribution in [0.25, 0.3) is 0 Å². The van der Waals surface area contributed by atoms with Gasteiger partial charge < -0.3 is 24.2 Å². The Bertz CT molecular complexity index is 866. The molecule has 2 aliphatic rings. The molecular formula is C20H28N2O7S. The van der Waals surface area contributed by atoms with E-state index in [2.05, 4.69) is 0 Å². The van der Waals surface area contributed by atoms with Crippen molar-refractivity contribution in [2.24, 2.45) is 5.92 Å². The van der Waals surface area contributed by atoms with Crippen molar-refractivity contribution in [3.8, 4) is 5.75 Å². The van der Waals surface area contributed by atoms with Crippen molar-refractivity contribution in [2.75, 3.05) is 46.5 Å². The molecule has 10 heteroatoms. The Balaban J connectivity index is 1.59. The van der Waals surface area contributed by atoms with Crippen LogP contribution in [0.15, 0.2) is 41.0 Å². The summed E-state index contributed by atoms with van der Waals surface area (Å²) in [7, 11) is -2.30. The van der Waals surface area contributed by atoms with E-state index in [4.69, 9.17) is 14.2 Å². The van der Waals surface area contributed by atoms with Crippen molar-refractivity contribution in [1.29, 1.82) is 0 Å². The number of rotatable bonds is 10. The summed E-state index contributed by atoms with van der Waals surface area (Å²) in [6, 6.07) is 6.06. The third-order valence-electron chi connectivity index (χ3n) is 4.89. The summed E-state index contributed by atoms with van der Waals surface area (Å²) in [5, 5.41) is 9.32. The van der Waals surface area contributed by atoms with Crippen molar-refractivity contribution in [1.82, 2.24) is 9.21 Å². The molecule has 2 aliphatic heterocycles. The second kappa shape index (κ2) is 9.78. The van der Waals surface area contributed by atoms with Gasteiger partial charge in [0.1, 0.15) is 5.75 Å². The number of aliphatic hydroxyl groups is 1. The molecule has 1 aromatic carbocycles. The highest BCUT2D eigenvalue weighted by Crippen LogP contribution is 2.26. The van der Waals surface area contributed by atoms with Crippen molar-refractivity contribution >= 4 is 15.9 Å². The van der Waals surface area contributed by atoms with E-state index in [0.29, 0.717) is 12.2 Å². The summed E-state index contributed by atoms with van der Waals surface area (Å²) >= 11 is 0. The molecule has 2 atom stereocenters. The van der Waals surface area contributed by atoms with E-state index in [1.165, 1.54) is 23.5 Å². The number of benzene rings is 1. The van der Waals surface area contributed by atoms with Gasteiger partial charge in [-0.25, -0.2) is 8.42 Å². The maximum Gasteiger partial charge on any atom is 0.288 e. The van der Waals surface area contributed by atoms with Crippen LogP contribution in [0.1, 0.15) is 13.3 Å². The van der Waals surface area contributed by atoms with Gasteiger partial charge in [-0.1, -0.05) is 6.92 Å². The molecule has 1 saturated heterocycles. The Hall–Kier alpha value is -2.14. The molecule has 9 nitrogen and oxygen atoms in total. The van der Waals surface area contributed by atoms with Crippen LogP contribution >= 0.6 is 0 Å². The molecule has 1 amide bonds. The van der Waals surface area contributed by atoms with Crippen LogP contribution in [-0.2, 0) is 24.3 Å². The lowest BCUT2D eigenvalue weighted by molar-refractivity contribution is -0.151. The lowest BCUT2D eigenvalue weighted by Gasteiger charge is -2.28. The number of sulfonamides is 1. The highest BCUT2D eigenvalue weighted by molar-refractivity contribution is 7.89. The normalized spacial score (nSPS) is 21.2. The second-order valence-electron chi connectivity index (χ2n) is 7.26. The topological polar surface area (TPSA) is 105 Å². The van der Waals surface area contributed by atoms with Crippen molar-refractivity contribution < 1.29 is 32.5 Å². The smallest absolute Gasteiger partial charge is 0.288 e. The van der Waals surface area contributed by atoms with Gasteiger partial charge in [-0.2, -0.15) is 4.31 Å². The van der Waals surface area contributed by atoms with Crippen LogP contribution in [0.4, 0.5) is 0 Å². The molecule has 30 heavy (non-hydrogen) atoms. The predicted octanol–water partition coefficient (Wildman–Crippen LogP) is 0.803.